The van der Waals surface area contributed by atoms with E-state index in [0.717, 1.165) is 23.1 Å². The van der Waals surface area contributed by atoms with Gasteiger partial charge in [0.25, 0.3) is 5.91 Å². The first-order valence-corrected chi connectivity index (χ1v) is 8.28. The number of benzene rings is 2. The molecule has 0 aliphatic carbocycles. The average Bonchev–Trinajstić information content (AvgIpc) is 2.99. The number of carbonyl (C=O) groups is 1. The molecule has 1 heterocycles. The highest BCUT2D eigenvalue weighted by atomic mass is 79.9. The predicted octanol–water partition coefficient (Wildman–Crippen LogP) is 3.69. The molecule has 0 unspecified atom stereocenters. The van der Waals surface area contributed by atoms with E-state index in [1.54, 1.807) is 0 Å². The molecule has 0 aromatic heterocycles. The lowest BCUT2D eigenvalue weighted by Crippen LogP contribution is -2.29. The van der Waals surface area contributed by atoms with Crippen molar-refractivity contribution in [3.8, 4) is 0 Å². The van der Waals surface area contributed by atoms with E-state index in [4.69, 9.17) is 5.73 Å². The van der Waals surface area contributed by atoms with Gasteiger partial charge in [-0.3, -0.25) is 4.79 Å². The highest BCUT2D eigenvalue weighted by Gasteiger charge is 2.35. The summed E-state index contributed by atoms with van der Waals surface area (Å²) in [7, 11) is 0. The van der Waals surface area contributed by atoms with Gasteiger partial charge < -0.3 is 10.6 Å². The maximum atomic E-state index is 12.7. The Labute approximate surface area is 151 Å². The lowest BCUT2D eigenvalue weighted by molar-refractivity contribution is 0.0786. The molecule has 0 saturated carbocycles. The van der Waals surface area contributed by atoms with E-state index in [1.807, 2.05) is 47.4 Å². The van der Waals surface area contributed by atoms with Crippen LogP contribution in [0.25, 0.3) is 0 Å². The monoisotopic (exact) mass is 394 g/mol. The fourth-order valence-electron chi connectivity index (χ4n) is 3.16. The van der Waals surface area contributed by atoms with Crippen molar-refractivity contribution < 1.29 is 4.79 Å². The zero-order chi connectivity index (χ0) is 15.5. The van der Waals surface area contributed by atoms with E-state index in [-0.39, 0.29) is 18.3 Å². The fraction of sp³-hybridized carbons (Fsp3) is 0.278. The number of rotatable bonds is 3. The quantitative estimate of drug-likeness (QED) is 0.861. The third kappa shape index (κ3) is 3.94. The van der Waals surface area contributed by atoms with Crippen LogP contribution >= 0.6 is 28.3 Å². The van der Waals surface area contributed by atoms with Gasteiger partial charge in [0, 0.05) is 29.0 Å². The molecule has 3 nitrogen and oxygen atoms in total. The smallest absolute Gasteiger partial charge is 0.253 e. The Morgan fingerprint density at radius 1 is 1.13 bits per heavy atom. The van der Waals surface area contributed by atoms with Crippen LogP contribution in [0.2, 0.25) is 0 Å². The van der Waals surface area contributed by atoms with Crippen molar-refractivity contribution >= 4 is 34.2 Å². The van der Waals surface area contributed by atoms with Gasteiger partial charge >= 0.3 is 0 Å². The molecule has 1 fully saturated rings. The Kier molecular flexibility index (Phi) is 6.22. The maximum Gasteiger partial charge on any atom is 0.253 e. The summed E-state index contributed by atoms with van der Waals surface area (Å²) in [6.45, 7) is 2.06. The second-order valence-electron chi connectivity index (χ2n) is 5.73. The number of halogens is 2. The summed E-state index contributed by atoms with van der Waals surface area (Å²) in [5, 5.41) is 0. The third-order valence-corrected chi connectivity index (χ3v) is 4.82. The summed E-state index contributed by atoms with van der Waals surface area (Å²) in [5.41, 5.74) is 7.93. The van der Waals surface area contributed by atoms with Crippen LogP contribution in [0.1, 0.15) is 21.8 Å². The second kappa shape index (κ2) is 7.95. The Hall–Kier alpha value is -1.36. The molecule has 0 radical (unpaired) electrons. The van der Waals surface area contributed by atoms with Gasteiger partial charge in [0.05, 0.1) is 0 Å². The number of carbonyl (C=O) groups excluding carboxylic acids is 1. The first-order chi connectivity index (χ1) is 10.7. The summed E-state index contributed by atoms with van der Waals surface area (Å²) in [4.78, 5) is 14.6. The molecule has 1 saturated heterocycles. The first kappa shape index (κ1) is 18.0. The van der Waals surface area contributed by atoms with Crippen LogP contribution in [-0.2, 0) is 0 Å². The molecular formula is C18H20BrClN2O. The number of nitrogens with zero attached hydrogens (tertiary/aromatic N) is 1. The van der Waals surface area contributed by atoms with E-state index in [1.165, 1.54) is 5.56 Å². The Morgan fingerprint density at radius 2 is 1.87 bits per heavy atom. The molecule has 2 N–H and O–H groups in total. The van der Waals surface area contributed by atoms with Gasteiger partial charge in [-0.05, 0) is 36.2 Å². The highest BCUT2D eigenvalue weighted by molar-refractivity contribution is 9.10. The summed E-state index contributed by atoms with van der Waals surface area (Å²) >= 11 is 3.42. The van der Waals surface area contributed by atoms with Crippen molar-refractivity contribution in [3.05, 3.63) is 70.2 Å². The van der Waals surface area contributed by atoms with Crippen molar-refractivity contribution in [1.82, 2.24) is 4.90 Å². The van der Waals surface area contributed by atoms with E-state index < -0.39 is 0 Å². The molecule has 0 spiro atoms. The molecule has 5 heteroatoms. The number of hydrogen-bond acceptors (Lipinski definition) is 2. The zero-order valence-electron chi connectivity index (χ0n) is 12.7. The molecular weight excluding hydrogens is 376 g/mol. The third-order valence-electron chi connectivity index (χ3n) is 4.33. The Balaban J connectivity index is 0.00000192. The number of hydrogen-bond donors (Lipinski definition) is 1. The second-order valence-corrected chi connectivity index (χ2v) is 6.65. The standard InChI is InChI=1S/C18H19BrN2O.ClH/c19-16-8-4-7-14(9-16)18(22)21-11-15(10-20)17(12-21)13-5-2-1-3-6-13;/h1-9,15,17H,10-12,20H2;1H/t15-,17+;/m1./s1. The molecule has 2 aromatic carbocycles. The summed E-state index contributed by atoms with van der Waals surface area (Å²) in [5.74, 6) is 0.721. The molecule has 2 aromatic rings. The van der Waals surface area contributed by atoms with Crippen molar-refractivity contribution in [2.75, 3.05) is 19.6 Å². The van der Waals surface area contributed by atoms with Crippen molar-refractivity contribution in [2.45, 2.75) is 5.92 Å². The van der Waals surface area contributed by atoms with Gasteiger partial charge in [-0.25, -0.2) is 0 Å². The molecule has 3 rings (SSSR count). The van der Waals surface area contributed by atoms with Crippen LogP contribution in [0, 0.1) is 5.92 Å². The summed E-state index contributed by atoms with van der Waals surface area (Å²) in [6, 6.07) is 17.9. The maximum absolute atomic E-state index is 12.7. The van der Waals surface area contributed by atoms with E-state index in [0.29, 0.717) is 18.4 Å². The Bertz CT molecular complexity index is 665. The number of amides is 1. The molecule has 2 atom stereocenters. The lowest BCUT2D eigenvalue weighted by Gasteiger charge is -2.17. The SMILES string of the molecule is Cl.NC[C@@H]1CN(C(=O)c2cccc(Br)c2)C[C@H]1c1ccccc1. The molecule has 122 valence electrons. The minimum Gasteiger partial charge on any atom is -0.338 e. The topological polar surface area (TPSA) is 46.3 Å². The van der Waals surface area contributed by atoms with E-state index >= 15 is 0 Å². The molecule has 23 heavy (non-hydrogen) atoms. The van der Waals surface area contributed by atoms with Gasteiger partial charge in [-0.1, -0.05) is 52.3 Å². The van der Waals surface area contributed by atoms with Crippen molar-refractivity contribution in [3.63, 3.8) is 0 Å². The molecule has 0 bridgehead atoms. The van der Waals surface area contributed by atoms with Gasteiger partial charge in [0.15, 0.2) is 0 Å². The van der Waals surface area contributed by atoms with Crippen LogP contribution < -0.4 is 5.73 Å². The van der Waals surface area contributed by atoms with Crippen LogP contribution in [-0.4, -0.2) is 30.4 Å². The van der Waals surface area contributed by atoms with Crippen LogP contribution in [0.5, 0.6) is 0 Å². The largest absolute Gasteiger partial charge is 0.338 e. The van der Waals surface area contributed by atoms with Crippen LogP contribution in [0.3, 0.4) is 0 Å². The van der Waals surface area contributed by atoms with Crippen LogP contribution in [0.15, 0.2) is 59.1 Å². The Morgan fingerprint density at radius 3 is 2.52 bits per heavy atom. The summed E-state index contributed by atoms with van der Waals surface area (Å²) < 4.78 is 0.924. The zero-order valence-corrected chi connectivity index (χ0v) is 15.1. The molecule has 1 aliphatic heterocycles. The van der Waals surface area contributed by atoms with Gasteiger partial charge in [-0.2, -0.15) is 0 Å². The fourth-order valence-corrected chi connectivity index (χ4v) is 3.56. The highest BCUT2D eigenvalue weighted by Crippen LogP contribution is 2.32. The summed E-state index contributed by atoms with van der Waals surface area (Å²) in [6.07, 6.45) is 0. The van der Waals surface area contributed by atoms with Crippen molar-refractivity contribution in [1.29, 1.82) is 0 Å². The average molecular weight is 396 g/mol. The predicted molar refractivity (Wildman–Crippen MR) is 99.0 cm³/mol. The number of likely N-dealkylation sites (tertiary alicyclic amines) is 1. The van der Waals surface area contributed by atoms with Gasteiger partial charge in [0.2, 0.25) is 0 Å². The van der Waals surface area contributed by atoms with Crippen molar-refractivity contribution in [2.24, 2.45) is 11.7 Å². The first-order valence-electron chi connectivity index (χ1n) is 7.49. The normalized spacial score (nSPS) is 20.2. The lowest BCUT2D eigenvalue weighted by atomic mass is 9.89. The van der Waals surface area contributed by atoms with Gasteiger partial charge in [-0.15, -0.1) is 12.4 Å². The van der Waals surface area contributed by atoms with E-state index in [2.05, 4.69) is 28.1 Å². The van der Waals surface area contributed by atoms with E-state index in [9.17, 15) is 4.79 Å². The van der Waals surface area contributed by atoms with Crippen LogP contribution in [0.4, 0.5) is 0 Å². The van der Waals surface area contributed by atoms with Gasteiger partial charge in [0.1, 0.15) is 0 Å². The number of nitrogens with two attached hydrogens (primary N) is 1. The molecule has 1 amide bonds. The minimum atomic E-state index is 0. The molecule has 1 aliphatic rings. The minimum absolute atomic E-state index is 0.